The van der Waals surface area contributed by atoms with Crippen molar-refractivity contribution < 1.29 is 14.6 Å². The summed E-state index contributed by atoms with van der Waals surface area (Å²) in [6, 6.07) is 0. The Bertz CT molecular complexity index is 192. The molecule has 0 aromatic heterocycles. The molecule has 14 heavy (non-hydrogen) atoms. The van der Waals surface area contributed by atoms with Gasteiger partial charge in [-0.1, -0.05) is 0 Å². The number of rotatable bonds is 2. The molecule has 0 aliphatic carbocycles. The molecule has 0 bridgehead atoms. The Kier molecular flexibility index (Phi) is 3.07. The Hall–Kier alpha value is -0.160. The van der Waals surface area contributed by atoms with E-state index in [2.05, 4.69) is 0 Å². The molecule has 3 N–H and O–H groups in total. The van der Waals surface area contributed by atoms with Crippen LogP contribution in [0.4, 0.5) is 0 Å². The minimum Gasteiger partial charge on any atom is -0.390 e. The number of hydrogen-bond donors (Lipinski definition) is 2. The van der Waals surface area contributed by atoms with Crippen LogP contribution in [0.5, 0.6) is 0 Å². The fourth-order valence-corrected chi connectivity index (χ4v) is 2.63. The predicted octanol–water partition coefficient (Wildman–Crippen LogP) is -0.251. The van der Waals surface area contributed by atoms with Crippen molar-refractivity contribution in [2.75, 3.05) is 33.0 Å². The van der Waals surface area contributed by atoms with Crippen molar-refractivity contribution in [2.24, 2.45) is 17.1 Å². The minimum absolute atomic E-state index is 0.0498. The highest BCUT2D eigenvalue weighted by molar-refractivity contribution is 4.94. The molecule has 2 rings (SSSR count). The second-order valence-electron chi connectivity index (χ2n) is 4.39. The maximum atomic E-state index is 9.82. The van der Waals surface area contributed by atoms with Crippen LogP contribution < -0.4 is 5.73 Å². The van der Waals surface area contributed by atoms with Crippen LogP contribution in [0.25, 0.3) is 0 Å². The summed E-state index contributed by atoms with van der Waals surface area (Å²) in [5.41, 5.74) is 5.91. The molecule has 4 heteroatoms. The maximum Gasteiger partial charge on any atom is 0.0829 e. The van der Waals surface area contributed by atoms with Crippen molar-refractivity contribution in [1.29, 1.82) is 0 Å². The molecular formula is C10H19NO3. The first-order chi connectivity index (χ1) is 6.78. The van der Waals surface area contributed by atoms with E-state index >= 15 is 0 Å². The van der Waals surface area contributed by atoms with Crippen molar-refractivity contribution in [3.05, 3.63) is 0 Å². The third-order valence-corrected chi connectivity index (χ3v) is 3.73. The van der Waals surface area contributed by atoms with Gasteiger partial charge in [-0.05, 0) is 24.8 Å². The van der Waals surface area contributed by atoms with Gasteiger partial charge in [0.1, 0.15) is 0 Å². The summed E-state index contributed by atoms with van der Waals surface area (Å²) in [5.74, 6) is 0.205. The van der Waals surface area contributed by atoms with Crippen LogP contribution in [0.2, 0.25) is 0 Å². The van der Waals surface area contributed by atoms with Crippen LogP contribution in [0.3, 0.4) is 0 Å². The Morgan fingerprint density at radius 2 is 1.93 bits per heavy atom. The second kappa shape index (κ2) is 4.14. The first-order valence-electron chi connectivity index (χ1n) is 5.32. The molecule has 2 unspecified atom stereocenters. The molecule has 0 amide bonds. The standard InChI is InChI=1S/C10H19NO3/c11-7-10(1-3-13-4-2-10)8-5-14-6-9(8)12/h8-9,12H,1-7,11H2. The summed E-state index contributed by atoms with van der Waals surface area (Å²) in [7, 11) is 0. The largest absolute Gasteiger partial charge is 0.390 e. The smallest absolute Gasteiger partial charge is 0.0829 e. The first kappa shape index (κ1) is 10.4. The van der Waals surface area contributed by atoms with Gasteiger partial charge in [-0.15, -0.1) is 0 Å². The molecule has 82 valence electrons. The number of aliphatic hydroxyl groups excluding tert-OH is 1. The summed E-state index contributed by atoms with van der Waals surface area (Å²) in [4.78, 5) is 0. The van der Waals surface area contributed by atoms with E-state index in [9.17, 15) is 5.11 Å². The van der Waals surface area contributed by atoms with Crippen LogP contribution in [-0.2, 0) is 9.47 Å². The van der Waals surface area contributed by atoms with Crippen LogP contribution in [0.1, 0.15) is 12.8 Å². The predicted molar refractivity (Wildman–Crippen MR) is 51.9 cm³/mol. The molecular weight excluding hydrogens is 182 g/mol. The SMILES string of the molecule is NCC1(C2COCC2O)CCOCC1. The molecule has 2 aliphatic heterocycles. The lowest BCUT2D eigenvalue weighted by molar-refractivity contribution is -0.0392. The van der Waals surface area contributed by atoms with Gasteiger partial charge in [-0.3, -0.25) is 0 Å². The summed E-state index contributed by atoms with van der Waals surface area (Å²) >= 11 is 0. The molecule has 4 nitrogen and oxygen atoms in total. The molecule has 2 atom stereocenters. The third kappa shape index (κ3) is 1.67. The summed E-state index contributed by atoms with van der Waals surface area (Å²) in [6.45, 7) is 3.27. The van der Waals surface area contributed by atoms with Gasteiger partial charge in [0.2, 0.25) is 0 Å². The van der Waals surface area contributed by atoms with E-state index in [4.69, 9.17) is 15.2 Å². The van der Waals surface area contributed by atoms with Crippen LogP contribution in [0, 0.1) is 11.3 Å². The van der Waals surface area contributed by atoms with E-state index in [1.165, 1.54) is 0 Å². The highest BCUT2D eigenvalue weighted by Gasteiger charge is 2.45. The third-order valence-electron chi connectivity index (χ3n) is 3.73. The summed E-state index contributed by atoms with van der Waals surface area (Å²) in [6.07, 6.45) is 1.57. The zero-order chi connectivity index (χ0) is 10.0. The van der Waals surface area contributed by atoms with Crippen molar-refractivity contribution in [1.82, 2.24) is 0 Å². The van der Waals surface area contributed by atoms with Gasteiger partial charge >= 0.3 is 0 Å². The Labute approximate surface area is 84.4 Å². The molecule has 0 radical (unpaired) electrons. The van der Waals surface area contributed by atoms with Gasteiger partial charge in [0.15, 0.2) is 0 Å². The summed E-state index contributed by atoms with van der Waals surface area (Å²) in [5, 5.41) is 9.82. The molecule has 2 heterocycles. The molecule has 0 saturated carbocycles. The highest BCUT2D eigenvalue weighted by atomic mass is 16.5. The van der Waals surface area contributed by atoms with Crippen molar-refractivity contribution >= 4 is 0 Å². The normalized spacial score (nSPS) is 37.3. The van der Waals surface area contributed by atoms with Gasteiger partial charge in [0.05, 0.1) is 19.3 Å². The average molecular weight is 201 g/mol. The minimum atomic E-state index is -0.336. The molecule has 0 aromatic carbocycles. The molecule has 0 spiro atoms. The van der Waals surface area contributed by atoms with E-state index in [0.717, 1.165) is 26.1 Å². The van der Waals surface area contributed by atoms with Crippen LogP contribution in [-0.4, -0.2) is 44.2 Å². The molecule has 0 aromatic rings. The number of hydrogen-bond acceptors (Lipinski definition) is 4. The van der Waals surface area contributed by atoms with Crippen molar-refractivity contribution in [3.8, 4) is 0 Å². The Morgan fingerprint density at radius 3 is 2.43 bits per heavy atom. The second-order valence-corrected chi connectivity index (χ2v) is 4.39. The topological polar surface area (TPSA) is 64.7 Å². The highest BCUT2D eigenvalue weighted by Crippen LogP contribution is 2.41. The average Bonchev–Trinajstić information content (AvgIpc) is 2.66. The Morgan fingerprint density at radius 1 is 1.21 bits per heavy atom. The van der Waals surface area contributed by atoms with E-state index < -0.39 is 0 Å². The van der Waals surface area contributed by atoms with Gasteiger partial charge in [-0.25, -0.2) is 0 Å². The van der Waals surface area contributed by atoms with E-state index in [-0.39, 0.29) is 17.4 Å². The summed E-state index contributed by atoms with van der Waals surface area (Å²) < 4.78 is 10.6. The van der Waals surface area contributed by atoms with Crippen LogP contribution >= 0.6 is 0 Å². The zero-order valence-corrected chi connectivity index (χ0v) is 8.45. The fraction of sp³-hybridized carbons (Fsp3) is 1.00. The van der Waals surface area contributed by atoms with Gasteiger partial charge < -0.3 is 20.3 Å². The number of nitrogens with two attached hydrogens (primary N) is 1. The van der Waals surface area contributed by atoms with Crippen LogP contribution in [0.15, 0.2) is 0 Å². The zero-order valence-electron chi connectivity index (χ0n) is 8.45. The lowest BCUT2D eigenvalue weighted by Gasteiger charge is -2.41. The Balaban J connectivity index is 2.09. The van der Waals surface area contributed by atoms with E-state index in [0.29, 0.717) is 19.8 Å². The fourth-order valence-electron chi connectivity index (χ4n) is 2.63. The lowest BCUT2D eigenvalue weighted by Crippen LogP contribution is -2.46. The molecule has 2 saturated heterocycles. The van der Waals surface area contributed by atoms with Gasteiger partial charge in [-0.2, -0.15) is 0 Å². The van der Waals surface area contributed by atoms with Crippen molar-refractivity contribution in [3.63, 3.8) is 0 Å². The molecule has 2 aliphatic rings. The van der Waals surface area contributed by atoms with E-state index in [1.54, 1.807) is 0 Å². The first-order valence-corrected chi connectivity index (χ1v) is 5.32. The van der Waals surface area contributed by atoms with Gasteiger partial charge in [0, 0.05) is 19.1 Å². The monoisotopic (exact) mass is 201 g/mol. The number of ether oxygens (including phenoxy) is 2. The molecule has 2 fully saturated rings. The quantitative estimate of drug-likeness (QED) is 0.646. The lowest BCUT2D eigenvalue weighted by atomic mass is 9.68. The maximum absolute atomic E-state index is 9.82. The van der Waals surface area contributed by atoms with E-state index in [1.807, 2.05) is 0 Å². The number of aliphatic hydroxyl groups is 1. The van der Waals surface area contributed by atoms with Gasteiger partial charge in [0.25, 0.3) is 0 Å². The van der Waals surface area contributed by atoms with Crippen molar-refractivity contribution in [2.45, 2.75) is 18.9 Å².